The van der Waals surface area contributed by atoms with Crippen LogP contribution in [0.25, 0.3) is 10.9 Å². The molecule has 2 aliphatic heterocycles. The number of nitrogens with zero attached hydrogens (tertiary/aromatic N) is 4. The van der Waals surface area contributed by atoms with E-state index in [0.29, 0.717) is 11.3 Å². The molecule has 2 aromatic carbocycles. The fourth-order valence-corrected chi connectivity index (χ4v) is 6.30. The van der Waals surface area contributed by atoms with Gasteiger partial charge in [0.15, 0.2) is 5.13 Å². The molecule has 6 rings (SSSR count). The van der Waals surface area contributed by atoms with Gasteiger partial charge in [0.2, 0.25) is 5.78 Å². The van der Waals surface area contributed by atoms with E-state index in [4.69, 9.17) is 4.98 Å². The van der Waals surface area contributed by atoms with Crippen LogP contribution in [-0.2, 0) is 6.42 Å². The van der Waals surface area contributed by atoms with Gasteiger partial charge in [-0.3, -0.25) is 9.89 Å². The fourth-order valence-electron chi connectivity index (χ4n) is 5.34. The maximum Gasteiger partial charge on any atom is 0.322 e. The SMILES string of the molecule is Cc1sc(N2CCC(N3CCc4ccccc4NC3=O)CC2)nc1C(=O)c1cc(C)c2[nH]ncc2c1. The van der Waals surface area contributed by atoms with E-state index in [2.05, 4.69) is 26.5 Å². The monoisotopic (exact) mass is 500 g/mol. The van der Waals surface area contributed by atoms with Crippen LogP contribution in [0.5, 0.6) is 0 Å². The molecule has 0 radical (unpaired) electrons. The van der Waals surface area contributed by atoms with Gasteiger partial charge in [-0.15, -0.1) is 11.3 Å². The summed E-state index contributed by atoms with van der Waals surface area (Å²) in [6, 6.07) is 12.0. The molecule has 2 amide bonds. The highest BCUT2D eigenvalue weighted by Crippen LogP contribution is 2.32. The summed E-state index contributed by atoms with van der Waals surface area (Å²) in [7, 11) is 0. The Morgan fingerprint density at radius 1 is 1.11 bits per heavy atom. The summed E-state index contributed by atoms with van der Waals surface area (Å²) < 4.78 is 0. The van der Waals surface area contributed by atoms with E-state index in [9.17, 15) is 9.59 Å². The number of rotatable bonds is 4. The molecule has 2 aromatic heterocycles. The van der Waals surface area contributed by atoms with Crippen molar-refractivity contribution in [2.45, 2.75) is 39.2 Å². The number of H-pyrrole nitrogens is 1. The van der Waals surface area contributed by atoms with Crippen molar-refractivity contribution in [3.63, 3.8) is 0 Å². The molecule has 0 atom stereocenters. The number of aryl methyl sites for hydroxylation is 2. The van der Waals surface area contributed by atoms with Crippen LogP contribution in [0.1, 0.15) is 44.9 Å². The number of hydrogen-bond donors (Lipinski definition) is 2. The van der Waals surface area contributed by atoms with Gasteiger partial charge in [-0.05, 0) is 62.4 Å². The van der Waals surface area contributed by atoms with E-state index in [-0.39, 0.29) is 17.9 Å². The number of carbonyl (C=O) groups is 2. The Kier molecular flexibility index (Phi) is 5.72. The number of aromatic amines is 1. The first kappa shape index (κ1) is 22.7. The Morgan fingerprint density at radius 3 is 2.75 bits per heavy atom. The third-order valence-corrected chi connectivity index (χ3v) is 8.36. The van der Waals surface area contributed by atoms with Gasteiger partial charge in [0.25, 0.3) is 0 Å². The van der Waals surface area contributed by atoms with Gasteiger partial charge in [-0.25, -0.2) is 9.78 Å². The molecule has 2 N–H and O–H groups in total. The zero-order valence-corrected chi connectivity index (χ0v) is 21.2. The van der Waals surface area contributed by atoms with Crippen molar-refractivity contribution in [1.29, 1.82) is 0 Å². The molecule has 0 saturated carbocycles. The first-order valence-corrected chi connectivity index (χ1v) is 13.2. The van der Waals surface area contributed by atoms with Crippen LogP contribution in [0.2, 0.25) is 0 Å². The number of urea groups is 1. The molecule has 1 saturated heterocycles. The molecule has 0 aliphatic carbocycles. The van der Waals surface area contributed by atoms with Crippen molar-refractivity contribution in [2.75, 3.05) is 29.9 Å². The molecule has 2 aliphatic rings. The Hall–Kier alpha value is -3.72. The van der Waals surface area contributed by atoms with Crippen molar-refractivity contribution >= 4 is 44.9 Å². The second-order valence-electron chi connectivity index (χ2n) is 9.61. The minimum Gasteiger partial charge on any atom is -0.348 e. The van der Waals surface area contributed by atoms with Crippen molar-refractivity contribution in [2.24, 2.45) is 0 Å². The van der Waals surface area contributed by atoms with Crippen LogP contribution in [0.4, 0.5) is 15.6 Å². The summed E-state index contributed by atoms with van der Waals surface area (Å²) in [6.07, 6.45) is 4.35. The first-order valence-electron chi connectivity index (χ1n) is 12.3. The number of benzene rings is 2. The van der Waals surface area contributed by atoms with Gasteiger partial charge in [0.1, 0.15) is 5.69 Å². The van der Waals surface area contributed by atoms with E-state index in [0.717, 1.165) is 71.1 Å². The van der Waals surface area contributed by atoms with Gasteiger partial charge < -0.3 is 15.1 Å². The maximum atomic E-state index is 13.3. The average Bonchev–Trinajstić information content (AvgIpc) is 3.48. The predicted octanol–water partition coefficient (Wildman–Crippen LogP) is 4.93. The number of nitrogens with one attached hydrogen (secondary N) is 2. The standard InChI is InChI=1S/C27H28N6O2S/c1-16-13-19(14-20-15-28-31-23(16)20)25(34)24-17(2)36-27(30-24)32-10-8-21(9-11-32)33-12-7-18-5-3-4-6-22(18)29-26(33)35/h3-6,13-15,21H,7-12H2,1-2H3,(H,28,31)(H,29,35). The summed E-state index contributed by atoms with van der Waals surface area (Å²) in [6.45, 7) is 6.28. The third kappa shape index (κ3) is 4.03. The van der Waals surface area contributed by atoms with Gasteiger partial charge in [-0.2, -0.15) is 5.10 Å². The molecule has 8 nitrogen and oxygen atoms in total. The predicted molar refractivity (Wildman–Crippen MR) is 142 cm³/mol. The number of thiazole rings is 1. The van der Waals surface area contributed by atoms with E-state index < -0.39 is 0 Å². The van der Waals surface area contributed by atoms with Crippen LogP contribution in [0, 0.1) is 13.8 Å². The average molecular weight is 501 g/mol. The number of piperidine rings is 1. The lowest BCUT2D eigenvalue weighted by molar-refractivity contribution is 0.103. The van der Waals surface area contributed by atoms with E-state index in [1.165, 1.54) is 5.56 Å². The number of amides is 2. The van der Waals surface area contributed by atoms with Crippen LogP contribution >= 0.6 is 11.3 Å². The van der Waals surface area contributed by atoms with E-state index in [1.807, 2.05) is 49.1 Å². The zero-order valence-electron chi connectivity index (χ0n) is 20.4. The molecule has 1 fully saturated rings. The molecule has 0 bridgehead atoms. The molecule has 184 valence electrons. The molecule has 0 unspecified atom stereocenters. The number of ketones is 1. The largest absolute Gasteiger partial charge is 0.348 e. The molecule has 36 heavy (non-hydrogen) atoms. The van der Waals surface area contributed by atoms with Crippen molar-refractivity contribution in [3.05, 3.63) is 69.9 Å². The lowest BCUT2D eigenvalue weighted by Gasteiger charge is -2.37. The quantitative estimate of drug-likeness (QED) is 0.388. The van der Waals surface area contributed by atoms with E-state index in [1.54, 1.807) is 17.5 Å². The Bertz CT molecular complexity index is 1470. The topological polar surface area (TPSA) is 94.2 Å². The lowest BCUT2D eigenvalue weighted by atomic mass is 10.0. The minimum atomic E-state index is -0.0584. The maximum absolute atomic E-state index is 13.3. The number of carbonyl (C=O) groups excluding carboxylic acids is 2. The second kappa shape index (κ2) is 9.05. The highest BCUT2D eigenvalue weighted by atomic mass is 32.1. The molecule has 4 aromatic rings. The summed E-state index contributed by atoms with van der Waals surface area (Å²) in [4.78, 5) is 36.2. The van der Waals surface area contributed by atoms with Crippen molar-refractivity contribution in [3.8, 4) is 0 Å². The van der Waals surface area contributed by atoms with Crippen LogP contribution in [0.3, 0.4) is 0 Å². The Morgan fingerprint density at radius 2 is 1.92 bits per heavy atom. The third-order valence-electron chi connectivity index (χ3n) is 7.33. The molecule has 0 spiro atoms. The summed E-state index contributed by atoms with van der Waals surface area (Å²) >= 11 is 1.57. The van der Waals surface area contributed by atoms with Gasteiger partial charge in [0.05, 0.1) is 11.7 Å². The Labute approximate surface area is 213 Å². The molecular weight excluding hydrogens is 472 g/mol. The van der Waals surface area contributed by atoms with Gasteiger partial charge in [-0.1, -0.05) is 18.2 Å². The summed E-state index contributed by atoms with van der Waals surface area (Å²) in [5, 5.41) is 12.0. The van der Waals surface area contributed by atoms with Crippen molar-refractivity contribution < 1.29 is 9.59 Å². The van der Waals surface area contributed by atoms with Gasteiger partial charge >= 0.3 is 6.03 Å². The highest BCUT2D eigenvalue weighted by Gasteiger charge is 2.31. The first-order chi connectivity index (χ1) is 17.5. The van der Waals surface area contributed by atoms with Crippen LogP contribution in [-0.4, -0.2) is 57.6 Å². The summed E-state index contributed by atoms with van der Waals surface area (Å²) in [5.74, 6) is -0.0584. The number of hydrogen-bond acceptors (Lipinski definition) is 6. The Balaban J connectivity index is 1.14. The summed E-state index contributed by atoms with van der Waals surface area (Å²) in [5.41, 5.74) is 5.19. The fraction of sp³-hybridized carbons (Fsp3) is 0.333. The lowest BCUT2D eigenvalue weighted by Crippen LogP contribution is -2.48. The molecular formula is C27H28N6O2S. The number of fused-ring (bicyclic) bond motifs is 2. The zero-order chi connectivity index (χ0) is 24.8. The minimum absolute atomic E-state index is 0.0127. The highest BCUT2D eigenvalue weighted by molar-refractivity contribution is 7.15. The van der Waals surface area contributed by atoms with Gasteiger partial charge in [0, 0.05) is 47.2 Å². The number of anilines is 2. The van der Waals surface area contributed by atoms with E-state index >= 15 is 0 Å². The van der Waals surface area contributed by atoms with Crippen LogP contribution in [0.15, 0.2) is 42.6 Å². The molecule has 4 heterocycles. The van der Waals surface area contributed by atoms with Crippen LogP contribution < -0.4 is 10.2 Å². The van der Waals surface area contributed by atoms with Crippen molar-refractivity contribution in [1.82, 2.24) is 20.1 Å². The molecule has 9 heteroatoms. The number of para-hydroxylation sites is 1. The normalized spacial score (nSPS) is 16.7. The second-order valence-corrected chi connectivity index (χ2v) is 10.8. The number of aromatic nitrogens is 3. The smallest absolute Gasteiger partial charge is 0.322 e.